The van der Waals surface area contributed by atoms with Crippen LogP contribution < -0.4 is 14.2 Å². The molecule has 3 aromatic rings. The lowest BCUT2D eigenvalue weighted by atomic mass is 9.63. The van der Waals surface area contributed by atoms with Crippen molar-refractivity contribution in [3.05, 3.63) is 42.2 Å². The minimum absolute atomic E-state index is 0.0603. The molecule has 1 saturated carbocycles. The number of nitrogens with one attached hydrogen (secondary N) is 1. The summed E-state index contributed by atoms with van der Waals surface area (Å²) in [4.78, 5) is 4.27. The summed E-state index contributed by atoms with van der Waals surface area (Å²) in [5.74, 6) is 1.84. The average Bonchev–Trinajstić information content (AvgIpc) is 3.19. The zero-order valence-electron chi connectivity index (χ0n) is 21.1. The van der Waals surface area contributed by atoms with E-state index in [9.17, 15) is 8.42 Å². The summed E-state index contributed by atoms with van der Waals surface area (Å²) in [5.41, 5.74) is 2.40. The van der Waals surface area contributed by atoms with Gasteiger partial charge in [0, 0.05) is 18.0 Å². The Bertz CT molecular complexity index is 1290. The van der Waals surface area contributed by atoms with Crippen molar-refractivity contribution in [2.75, 3.05) is 18.9 Å². The topological polar surface area (TPSA) is 108 Å². The first kappa shape index (κ1) is 25.0. The molecule has 10 heteroatoms. The van der Waals surface area contributed by atoms with E-state index >= 15 is 0 Å². The van der Waals surface area contributed by atoms with Gasteiger partial charge in [-0.25, -0.2) is 8.42 Å². The largest absolute Gasteiger partial charge is 0.494 e. The fourth-order valence-electron chi connectivity index (χ4n) is 4.97. The molecule has 0 spiro atoms. The van der Waals surface area contributed by atoms with E-state index in [0.29, 0.717) is 46.3 Å². The maximum Gasteiger partial charge on any atom is 0.243 e. The minimum Gasteiger partial charge on any atom is -0.494 e. The molecule has 1 aliphatic rings. The Morgan fingerprint density at radius 3 is 2.37 bits per heavy atom. The third-order valence-electron chi connectivity index (χ3n) is 6.53. The lowest BCUT2D eigenvalue weighted by Crippen LogP contribution is -2.36. The highest BCUT2D eigenvalue weighted by molar-refractivity contribution is 7.93. The van der Waals surface area contributed by atoms with Gasteiger partial charge in [-0.3, -0.25) is 14.3 Å². The molecule has 0 aliphatic heterocycles. The molecule has 0 amide bonds. The van der Waals surface area contributed by atoms with E-state index in [0.717, 1.165) is 18.4 Å². The van der Waals surface area contributed by atoms with Crippen molar-refractivity contribution in [1.29, 1.82) is 0 Å². The molecule has 35 heavy (non-hydrogen) atoms. The molecule has 1 aliphatic carbocycles. The number of aromatic nitrogens is 4. The third-order valence-corrected chi connectivity index (χ3v) is 8.25. The molecule has 0 saturated heterocycles. The molecule has 2 heterocycles. The molecule has 1 aromatic carbocycles. The van der Waals surface area contributed by atoms with Gasteiger partial charge in [0.1, 0.15) is 17.2 Å². The van der Waals surface area contributed by atoms with E-state index in [-0.39, 0.29) is 5.95 Å². The molecule has 1 N–H and O–H groups in total. The Labute approximate surface area is 207 Å². The average molecular weight is 500 g/mol. The zero-order chi connectivity index (χ0) is 25.4. The van der Waals surface area contributed by atoms with Gasteiger partial charge in [0.15, 0.2) is 5.82 Å². The van der Waals surface area contributed by atoms with Gasteiger partial charge in [0.25, 0.3) is 0 Å². The number of para-hydroxylation sites is 1. The van der Waals surface area contributed by atoms with Crippen LogP contribution in [-0.4, -0.2) is 47.6 Å². The summed E-state index contributed by atoms with van der Waals surface area (Å²) >= 11 is 0. The summed E-state index contributed by atoms with van der Waals surface area (Å²) in [6.45, 7) is 8.09. The van der Waals surface area contributed by atoms with E-state index in [1.165, 1.54) is 0 Å². The molecule has 9 nitrogen and oxygen atoms in total. The first-order valence-corrected chi connectivity index (χ1v) is 13.2. The lowest BCUT2D eigenvalue weighted by Gasteiger charge is -2.43. The Balaban J connectivity index is 1.78. The summed E-state index contributed by atoms with van der Waals surface area (Å²) in [6.07, 6.45) is 6.06. The molecule has 4 rings (SSSR count). The number of aryl methyl sites for hydroxylation is 1. The van der Waals surface area contributed by atoms with Crippen LogP contribution in [0.2, 0.25) is 0 Å². The van der Waals surface area contributed by atoms with E-state index < -0.39 is 15.3 Å². The van der Waals surface area contributed by atoms with Crippen molar-refractivity contribution < 1.29 is 17.9 Å². The first-order chi connectivity index (χ1) is 16.5. The predicted molar refractivity (Wildman–Crippen MR) is 136 cm³/mol. The smallest absolute Gasteiger partial charge is 0.243 e. The number of ether oxygens (including phenoxy) is 2. The molecular weight excluding hydrogens is 466 g/mol. The summed E-state index contributed by atoms with van der Waals surface area (Å²) in [6, 6.07) is 7.25. The van der Waals surface area contributed by atoms with Gasteiger partial charge in [-0.1, -0.05) is 19.9 Å². The second-order valence-corrected chi connectivity index (χ2v) is 12.2. The van der Waals surface area contributed by atoms with E-state index in [1.807, 2.05) is 13.0 Å². The van der Waals surface area contributed by atoms with Gasteiger partial charge < -0.3 is 9.47 Å². The number of hydrogen-bond acceptors (Lipinski definition) is 7. The van der Waals surface area contributed by atoms with Crippen molar-refractivity contribution in [2.24, 2.45) is 11.3 Å². The minimum atomic E-state index is -3.74. The van der Waals surface area contributed by atoms with Gasteiger partial charge in [-0.05, 0) is 68.2 Å². The number of sulfonamides is 1. The molecule has 0 radical (unpaired) electrons. The lowest BCUT2D eigenvalue weighted by molar-refractivity contribution is 0.0899. The van der Waals surface area contributed by atoms with Crippen LogP contribution in [0.15, 0.2) is 36.7 Å². The molecule has 188 valence electrons. The fraction of sp³-hybridized carbons (Fsp3) is 0.480. The zero-order valence-corrected chi connectivity index (χ0v) is 21.9. The van der Waals surface area contributed by atoms with Crippen molar-refractivity contribution in [3.63, 3.8) is 0 Å². The number of rotatable bonds is 9. The maximum absolute atomic E-state index is 13.4. The Kier molecular flexibility index (Phi) is 6.77. The molecule has 1 fully saturated rings. The number of benzene rings is 1. The van der Waals surface area contributed by atoms with Crippen LogP contribution in [0.3, 0.4) is 0 Å². The van der Waals surface area contributed by atoms with Crippen LogP contribution in [0.1, 0.15) is 45.6 Å². The van der Waals surface area contributed by atoms with Crippen molar-refractivity contribution in [1.82, 2.24) is 19.7 Å². The highest BCUT2D eigenvalue weighted by atomic mass is 32.2. The first-order valence-electron chi connectivity index (χ1n) is 11.6. The second-order valence-electron chi connectivity index (χ2n) is 10.1. The van der Waals surface area contributed by atoms with Crippen LogP contribution in [0.25, 0.3) is 17.1 Å². The van der Waals surface area contributed by atoms with Gasteiger partial charge in [0.05, 0.1) is 19.5 Å². The number of methoxy groups -OCH3 is 2. The second kappa shape index (κ2) is 9.49. The molecular formula is C25H33N5O4S. The van der Waals surface area contributed by atoms with Crippen molar-refractivity contribution in [3.8, 4) is 28.6 Å². The predicted octanol–water partition coefficient (Wildman–Crippen LogP) is 4.61. The quantitative estimate of drug-likeness (QED) is 0.458. The standard InChI is InChI=1S/C25H33N5O4S/c1-16-10-19(15-26-14-16)23-27-28-24(30(23)22-20(33-5)8-7-9-21(22)34-6)29-35(31,32)17(2)11-18-12-25(3,4)13-18/h7-10,14-15,17-18H,11-13H2,1-6H3,(H,28,29)/t17-/m1/s1. The molecule has 2 aromatic heterocycles. The van der Waals surface area contributed by atoms with E-state index in [1.54, 1.807) is 56.3 Å². The van der Waals surface area contributed by atoms with Gasteiger partial charge in [-0.2, -0.15) is 0 Å². The summed E-state index contributed by atoms with van der Waals surface area (Å²) < 4.78 is 42.2. The SMILES string of the molecule is COc1cccc(OC)c1-n1c(NS(=O)(=O)[C@H](C)CC2CC(C)(C)C2)nnc1-c1cncc(C)c1. The monoisotopic (exact) mass is 499 g/mol. The number of anilines is 1. The summed E-state index contributed by atoms with van der Waals surface area (Å²) in [5, 5.41) is 7.99. The van der Waals surface area contributed by atoms with Crippen molar-refractivity contribution >= 4 is 16.0 Å². The Morgan fingerprint density at radius 1 is 1.14 bits per heavy atom. The number of nitrogens with zero attached hydrogens (tertiary/aromatic N) is 4. The number of hydrogen-bond donors (Lipinski definition) is 1. The van der Waals surface area contributed by atoms with E-state index in [2.05, 4.69) is 33.8 Å². The normalized spacial score (nSPS) is 16.4. The Morgan fingerprint density at radius 2 is 1.80 bits per heavy atom. The van der Waals surface area contributed by atoms with Gasteiger partial charge in [-0.15, -0.1) is 10.2 Å². The van der Waals surface area contributed by atoms with Crippen LogP contribution in [-0.2, 0) is 10.0 Å². The molecule has 1 atom stereocenters. The summed E-state index contributed by atoms with van der Waals surface area (Å²) in [7, 11) is -0.651. The van der Waals surface area contributed by atoms with E-state index in [4.69, 9.17) is 9.47 Å². The van der Waals surface area contributed by atoms with Crippen molar-refractivity contribution in [2.45, 2.75) is 52.2 Å². The van der Waals surface area contributed by atoms with Gasteiger partial charge in [0.2, 0.25) is 16.0 Å². The van der Waals surface area contributed by atoms with Gasteiger partial charge >= 0.3 is 0 Å². The van der Waals surface area contributed by atoms with Crippen LogP contribution in [0.4, 0.5) is 5.95 Å². The highest BCUT2D eigenvalue weighted by Gasteiger charge is 2.39. The highest BCUT2D eigenvalue weighted by Crippen LogP contribution is 2.47. The fourth-order valence-corrected chi connectivity index (χ4v) is 6.09. The molecule has 0 bridgehead atoms. The Hall–Kier alpha value is -3.14. The maximum atomic E-state index is 13.4. The van der Waals surface area contributed by atoms with Crippen LogP contribution in [0, 0.1) is 18.3 Å². The molecule has 0 unspecified atom stereocenters. The number of pyridine rings is 1. The van der Waals surface area contributed by atoms with Crippen LogP contribution in [0.5, 0.6) is 11.5 Å². The third kappa shape index (κ3) is 5.12. The van der Waals surface area contributed by atoms with Crippen LogP contribution >= 0.6 is 0 Å².